The van der Waals surface area contributed by atoms with E-state index in [4.69, 9.17) is 9.47 Å². The minimum Gasteiger partial charge on any atom is -0.493 e. The lowest BCUT2D eigenvalue weighted by atomic mass is 9.88. The van der Waals surface area contributed by atoms with E-state index >= 15 is 0 Å². The molecule has 0 N–H and O–H groups in total. The zero-order chi connectivity index (χ0) is 21.6. The molecular formula is C27H36O2. The number of hydrogen-bond acceptors (Lipinski definition) is 2. The van der Waals surface area contributed by atoms with Gasteiger partial charge in [-0.15, -0.1) is 0 Å². The Labute approximate surface area is 177 Å². The van der Waals surface area contributed by atoms with Crippen LogP contribution in [-0.4, -0.2) is 12.7 Å². The summed E-state index contributed by atoms with van der Waals surface area (Å²) in [5.74, 6) is 2.25. The molecule has 0 spiro atoms. The summed E-state index contributed by atoms with van der Waals surface area (Å²) >= 11 is 0. The first kappa shape index (κ1) is 22.8. The highest BCUT2D eigenvalue weighted by atomic mass is 16.5. The zero-order valence-electron chi connectivity index (χ0n) is 19.3. The average molecular weight is 393 g/mol. The van der Waals surface area contributed by atoms with E-state index in [0.29, 0.717) is 12.5 Å². The van der Waals surface area contributed by atoms with E-state index in [9.17, 15) is 0 Å². The number of rotatable bonds is 8. The first-order valence-electron chi connectivity index (χ1n) is 10.6. The second kappa shape index (κ2) is 10.3. The Morgan fingerprint density at radius 3 is 1.69 bits per heavy atom. The van der Waals surface area contributed by atoms with Crippen LogP contribution < -0.4 is 9.47 Å². The van der Waals surface area contributed by atoms with Crippen molar-refractivity contribution >= 4 is 12.2 Å². The highest BCUT2D eigenvalue weighted by Crippen LogP contribution is 2.45. The number of benzene rings is 2. The molecule has 0 aliphatic heterocycles. The third-order valence-electron chi connectivity index (χ3n) is 4.70. The molecule has 2 heteroatoms. The second-order valence-electron chi connectivity index (χ2n) is 8.21. The molecule has 0 aliphatic rings. The van der Waals surface area contributed by atoms with Crippen molar-refractivity contribution in [1.29, 1.82) is 0 Å². The van der Waals surface area contributed by atoms with Gasteiger partial charge >= 0.3 is 0 Å². The largest absolute Gasteiger partial charge is 0.493 e. The van der Waals surface area contributed by atoms with Crippen molar-refractivity contribution in [3.8, 4) is 22.6 Å². The highest BCUT2D eigenvalue weighted by Gasteiger charge is 2.21. The molecule has 0 fully saturated rings. The summed E-state index contributed by atoms with van der Waals surface area (Å²) in [5.41, 5.74) is 7.01. The van der Waals surface area contributed by atoms with Crippen molar-refractivity contribution in [2.75, 3.05) is 6.61 Å². The van der Waals surface area contributed by atoms with Gasteiger partial charge < -0.3 is 9.47 Å². The minimum absolute atomic E-state index is 0.0879. The quantitative estimate of drug-likeness (QED) is 0.455. The van der Waals surface area contributed by atoms with Gasteiger partial charge in [0.1, 0.15) is 11.5 Å². The van der Waals surface area contributed by atoms with Crippen LogP contribution in [0.1, 0.15) is 63.8 Å². The molecule has 0 saturated heterocycles. The second-order valence-corrected chi connectivity index (χ2v) is 8.21. The Balaban J connectivity index is 2.93. The van der Waals surface area contributed by atoms with Crippen LogP contribution in [0.5, 0.6) is 11.5 Å². The van der Waals surface area contributed by atoms with Crippen LogP contribution in [0.25, 0.3) is 23.3 Å². The van der Waals surface area contributed by atoms with Crippen molar-refractivity contribution in [1.82, 2.24) is 0 Å². The summed E-state index contributed by atoms with van der Waals surface area (Å²) < 4.78 is 12.6. The summed E-state index contributed by atoms with van der Waals surface area (Å²) in [6, 6.07) is 8.46. The number of allylic oxidation sites excluding steroid dienone is 2. The smallest absolute Gasteiger partial charge is 0.128 e. The van der Waals surface area contributed by atoms with Gasteiger partial charge in [-0.1, -0.05) is 50.3 Å². The summed E-state index contributed by atoms with van der Waals surface area (Å²) in [5, 5.41) is 0. The fraction of sp³-hybridized carbons (Fsp3) is 0.407. The molecule has 0 unspecified atom stereocenters. The molecule has 0 saturated carbocycles. The molecule has 0 bridgehead atoms. The van der Waals surface area contributed by atoms with Crippen LogP contribution in [-0.2, 0) is 0 Å². The number of aryl methyl sites for hydroxylation is 2. The van der Waals surface area contributed by atoms with E-state index in [2.05, 4.69) is 104 Å². The van der Waals surface area contributed by atoms with Gasteiger partial charge in [0, 0.05) is 11.1 Å². The molecule has 2 nitrogen and oxygen atoms in total. The molecule has 2 aromatic carbocycles. The van der Waals surface area contributed by atoms with Gasteiger partial charge in [0.05, 0.1) is 12.7 Å². The lowest BCUT2D eigenvalue weighted by Gasteiger charge is -2.23. The van der Waals surface area contributed by atoms with Gasteiger partial charge in [0.2, 0.25) is 0 Å². The van der Waals surface area contributed by atoms with Crippen molar-refractivity contribution in [3.05, 3.63) is 58.7 Å². The van der Waals surface area contributed by atoms with E-state index < -0.39 is 0 Å². The van der Waals surface area contributed by atoms with Crippen LogP contribution in [0.15, 0.2) is 36.4 Å². The van der Waals surface area contributed by atoms with Crippen molar-refractivity contribution in [2.24, 2.45) is 5.92 Å². The van der Waals surface area contributed by atoms with Gasteiger partial charge in [-0.05, 0) is 81.8 Å². The minimum atomic E-state index is 0.0879. The molecule has 2 aromatic rings. The molecule has 0 heterocycles. The Kier molecular flexibility index (Phi) is 8.13. The Morgan fingerprint density at radius 1 is 0.759 bits per heavy atom. The molecule has 0 aromatic heterocycles. The topological polar surface area (TPSA) is 18.5 Å². The molecule has 29 heavy (non-hydrogen) atoms. The maximum Gasteiger partial charge on any atom is 0.128 e. The Hall–Kier alpha value is -2.48. The molecular weight excluding hydrogens is 356 g/mol. The first-order chi connectivity index (χ1) is 13.8. The van der Waals surface area contributed by atoms with Crippen LogP contribution >= 0.6 is 0 Å². The van der Waals surface area contributed by atoms with Gasteiger partial charge in [0.15, 0.2) is 0 Å². The number of hydrogen-bond donors (Lipinski definition) is 0. The van der Waals surface area contributed by atoms with Gasteiger partial charge in [-0.3, -0.25) is 0 Å². The summed E-state index contributed by atoms with van der Waals surface area (Å²) in [7, 11) is 0. The normalized spacial score (nSPS) is 11.9. The zero-order valence-corrected chi connectivity index (χ0v) is 19.3. The van der Waals surface area contributed by atoms with Crippen LogP contribution in [0.2, 0.25) is 0 Å². The monoisotopic (exact) mass is 392 g/mol. The fourth-order valence-corrected chi connectivity index (χ4v) is 3.41. The summed E-state index contributed by atoms with van der Waals surface area (Å²) in [6.45, 7) is 17.6. The fourth-order valence-electron chi connectivity index (χ4n) is 3.41. The average Bonchev–Trinajstić information content (AvgIpc) is 2.65. The standard InChI is InChI=1S/C27H36O2/c1-9-11-22-20(7)13-15-24(28-17-18(3)4)26(22)27-23(12-10-2)21(8)14-16-25(27)29-19(5)6/h9-16,18-19H,17H2,1-8H3/b11-9-,12-10-. The van der Waals surface area contributed by atoms with Gasteiger partial charge in [-0.25, -0.2) is 0 Å². The molecule has 0 aliphatic carbocycles. The van der Waals surface area contributed by atoms with E-state index in [1.807, 2.05) is 0 Å². The summed E-state index contributed by atoms with van der Waals surface area (Å²) in [4.78, 5) is 0. The van der Waals surface area contributed by atoms with Crippen LogP contribution in [0.3, 0.4) is 0 Å². The molecule has 0 amide bonds. The Morgan fingerprint density at radius 2 is 1.24 bits per heavy atom. The third kappa shape index (κ3) is 5.53. The van der Waals surface area contributed by atoms with E-state index in [1.165, 1.54) is 22.3 Å². The van der Waals surface area contributed by atoms with Crippen LogP contribution in [0.4, 0.5) is 0 Å². The predicted octanol–water partition coefficient (Wildman–Crippen LogP) is 7.86. The SMILES string of the molecule is C/C=C\c1c(C)ccc(OCC(C)C)c1-c1c(OC(C)C)ccc(C)c1/C=C\C. The third-order valence-corrected chi connectivity index (χ3v) is 4.70. The molecule has 0 atom stereocenters. The highest BCUT2D eigenvalue weighted by molar-refractivity contribution is 5.91. The molecule has 156 valence electrons. The van der Waals surface area contributed by atoms with E-state index in [-0.39, 0.29) is 6.10 Å². The lowest BCUT2D eigenvalue weighted by Crippen LogP contribution is -2.10. The maximum absolute atomic E-state index is 6.31. The van der Waals surface area contributed by atoms with Crippen molar-refractivity contribution < 1.29 is 9.47 Å². The maximum atomic E-state index is 6.31. The predicted molar refractivity (Wildman–Crippen MR) is 127 cm³/mol. The van der Waals surface area contributed by atoms with Gasteiger partial charge in [0.25, 0.3) is 0 Å². The Bertz CT molecular complexity index is 886. The lowest BCUT2D eigenvalue weighted by molar-refractivity contribution is 0.243. The summed E-state index contributed by atoms with van der Waals surface area (Å²) in [6.07, 6.45) is 8.61. The van der Waals surface area contributed by atoms with Crippen LogP contribution in [0, 0.1) is 19.8 Å². The van der Waals surface area contributed by atoms with Gasteiger partial charge in [-0.2, -0.15) is 0 Å². The first-order valence-corrected chi connectivity index (χ1v) is 10.6. The van der Waals surface area contributed by atoms with Crippen molar-refractivity contribution in [2.45, 2.75) is 61.5 Å². The van der Waals surface area contributed by atoms with E-state index in [0.717, 1.165) is 22.6 Å². The van der Waals surface area contributed by atoms with E-state index in [1.54, 1.807) is 0 Å². The molecule has 2 rings (SSSR count). The van der Waals surface area contributed by atoms with Crippen molar-refractivity contribution in [3.63, 3.8) is 0 Å². The number of ether oxygens (including phenoxy) is 2. The molecule has 0 radical (unpaired) electrons.